The van der Waals surface area contributed by atoms with Crippen molar-refractivity contribution in [3.8, 4) is 0 Å². The molecule has 5 unspecified atom stereocenters. The van der Waals surface area contributed by atoms with Gasteiger partial charge in [0.1, 0.15) is 0 Å². The van der Waals surface area contributed by atoms with Gasteiger partial charge in [-0.3, -0.25) is 0 Å². The van der Waals surface area contributed by atoms with E-state index in [9.17, 15) is 5.11 Å². The van der Waals surface area contributed by atoms with Crippen LogP contribution in [0.4, 0.5) is 0 Å². The Morgan fingerprint density at radius 3 is 2.57 bits per heavy atom. The summed E-state index contributed by atoms with van der Waals surface area (Å²) in [5.41, 5.74) is 1.38. The van der Waals surface area contributed by atoms with Crippen LogP contribution in [0.3, 0.4) is 0 Å². The molecule has 1 nitrogen and oxygen atoms in total. The SMILES string of the molecule is CSCC1CC23CCC1CC2[C@]1(C)CCC[C@@](C)(CO)C1CC3. The zero-order valence-corrected chi connectivity index (χ0v) is 16.3. The molecule has 5 aliphatic carbocycles. The maximum absolute atomic E-state index is 10.1. The summed E-state index contributed by atoms with van der Waals surface area (Å²) in [5, 5.41) is 10.1. The van der Waals surface area contributed by atoms with Crippen LogP contribution in [0.2, 0.25) is 0 Å². The molecule has 0 aromatic carbocycles. The zero-order chi connectivity index (χ0) is 16.3. The van der Waals surface area contributed by atoms with Crippen LogP contribution >= 0.6 is 11.8 Å². The molecule has 5 saturated carbocycles. The standard InChI is InChI=1S/C21H36OS/c1-19(14-22)7-4-8-20(2)17(19)6-10-21-9-5-15(11-18(20)21)16(12-21)13-23-3/h15-18,22H,4-14H2,1-3H3/t15?,16?,17?,18?,19-,20+,21?/m0/s1. The lowest BCUT2D eigenvalue weighted by Crippen LogP contribution is -2.61. The lowest BCUT2D eigenvalue weighted by atomic mass is 9.36. The van der Waals surface area contributed by atoms with Crippen molar-refractivity contribution in [2.75, 3.05) is 18.6 Å². The Bertz CT molecular complexity index is 465. The van der Waals surface area contributed by atoms with E-state index in [0.717, 1.165) is 23.7 Å². The van der Waals surface area contributed by atoms with Crippen molar-refractivity contribution in [3.05, 3.63) is 0 Å². The van der Waals surface area contributed by atoms with Gasteiger partial charge in [-0.05, 0) is 103 Å². The average Bonchev–Trinajstić information content (AvgIpc) is 2.55. The molecule has 0 aromatic heterocycles. The largest absolute Gasteiger partial charge is 0.396 e. The number of hydrogen-bond donors (Lipinski definition) is 1. The minimum absolute atomic E-state index is 0.198. The summed E-state index contributed by atoms with van der Waals surface area (Å²) in [6.45, 7) is 5.44. The summed E-state index contributed by atoms with van der Waals surface area (Å²) in [6.07, 6.45) is 15.2. The highest BCUT2D eigenvalue weighted by Gasteiger charge is 2.64. The molecule has 0 saturated heterocycles. The van der Waals surface area contributed by atoms with Gasteiger partial charge in [-0.25, -0.2) is 0 Å². The van der Waals surface area contributed by atoms with Crippen LogP contribution in [0.15, 0.2) is 0 Å². The van der Waals surface area contributed by atoms with Gasteiger partial charge in [0.15, 0.2) is 0 Å². The van der Waals surface area contributed by atoms with Crippen LogP contribution in [-0.2, 0) is 0 Å². The van der Waals surface area contributed by atoms with Crippen molar-refractivity contribution in [2.45, 2.75) is 71.6 Å². The second-order valence-electron chi connectivity index (χ2n) is 10.1. The molecule has 2 heteroatoms. The molecule has 2 bridgehead atoms. The highest BCUT2D eigenvalue weighted by molar-refractivity contribution is 7.98. The first-order valence-electron chi connectivity index (χ1n) is 10.1. The van der Waals surface area contributed by atoms with E-state index in [1.54, 1.807) is 0 Å². The van der Waals surface area contributed by atoms with Gasteiger partial charge in [-0.1, -0.05) is 20.3 Å². The first kappa shape index (κ1) is 16.8. The van der Waals surface area contributed by atoms with Gasteiger partial charge in [-0.15, -0.1) is 0 Å². The number of rotatable bonds is 3. The smallest absolute Gasteiger partial charge is 0.0487 e. The number of hydrogen-bond acceptors (Lipinski definition) is 2. The summed E-state index contributed by atoms with van der Waals surface area (Å²) >= 11 is 2.08. The molecular weight excluding hydrogens is 300 g/mol. The molecule has 5 fully saturated rings. The molecule has 0 amide bonds. The third-order valence-corrected chi connectivity index (χ3v) is 9.96. The number of fused-ring (bicyclic) bond motifs is 3. The van der Waals surface area contributed by atoms with Gasteiger partial charge < -0.3 is 5.11 Å². The minimum Gasteiger partial charge on any atom is -0.396 e. The Balaban J connectivity index is 1.66. The molecule has 0 aliphatic heterocycles. The average molecular weight is 337 g/mol. The first-order chi connectivity index (χ1) is 11.0. The van der Waals surface area contributed by atoms with Crippen molar-refractivity contribution in [2.24, 2.45) is 39.9 Å². The maximum Gasteiger partial charge on any atom is 0.0487 e. The molecule has 7 atom stereocenters. The molecule has 1 N–H and O–H groups in total. The predicted molar refractivity (Wildman–Crippen MR) is 99.6 cm³/mol. The number of aliphatic hydroxyl groups excluding tert-OH is 1. The van der Waals surface area contributed by atoms with Crippen LogP contribution < -0.4 is 0 Å². The van der Waals surface area contributed by atoms with Crippen LogP contribution in [-0.4, -0.2) is 23.7 Å². The molecule has 23 heavy (non-hydrogen) atoms. The predicted octanol–water partition coefficient (Wildman–Crippen LogP) is 5.37. The topological polar surface area (TPSA) is 20.2 Å². The third kappa shape index (κ3) is 2.30. The second-order valence-corrected chi connectivity index (χ2v) is 11.0. The highest BCUT2D eigenvalue weighted by atomic mass is 32.2. The van der Waals surface area contributed by atoms with Crippen molar-refractivity contribution >= 4 is 11.8 Å². The van der Waals surface area contributed by atoms with Crippen LogP contribution in [0.1, 0.15) is 71.6 Å². The Morgan fingerprint density at radius 1 is 1.04 bits per heavy atom. The van der Waals surface area contributed by atoms with E-state index in [2.05, 4.69) is 31.9 Å². The summed E-state index contributed by atoms with van der Waals surface area (Å²) in [7, 11) is 0. The molecule has 5 rings (SSSR count). The molecule has 132 valence electrons. The fraction of sp³-hybridized carbons (Fsp3) is 1.00. The fourth-order valence-electron chi connectivity index (χ4n) is 8.19. The monoisotopic (exact) mass is 336 g/mol. The van der Waals surface area contributed by atoms with Crippen LogP contribution in [0.5, 0.6) is 0 Å². The van der Waals surface area contributed by atoms with Gasteiger partial charge in [0.05, 0.1) is 0 Å². The summed E-state index contributed by atoms with van der Waals surface area (Å²) in [4.78, 5) is 0. The molecule has 0 heterocycles. The lowest BCUT2D eigenvalue weighted by molar-refractivity contribution is -0.198. The third-order valence-electron chi connectivity index (χ3n) is 9.20. The van der Waals surface area contributed by atoms with Crippen molar-refractivity contribution in [3.63, 3.8) is 0 Å². The summed E-state index contributed by atoms with van der Waals surface area (Å²) in [5.74, 6) is 5.13. The molecule has 5 aliphatic rings. The Labute approximate surface area is 147 Å². The molecular formula is C21H36OS. The number of thioether (sulfide) groups is 1. The normalized spacial score (nSPS) is 55.3. The lowest BCUT2D eigenvalue weighted by Gasteiger charge is -2.69. The first-order valence-corrected chi connectivity index (χ1v) is 11.5. The molecule has 0 radical (unpaired) electrons. The molecule has 0 aromatic rings. The van der Waals surface area contributed by atoms with Gasteiger partial charge in [0.25, 0.3) is 0 Å². The van der Waals surface area contributed by atoms with E-state index >= 15 is 0 Å². The van der Waals surface area contributed by atoms with E-state index in [1.165, 1.54) is 63.5 Å². The Morgan fingerprint density at radius 2 is 1.83 bits per heavy atom. The fourth-order valence-corrected chi connectivity index (χ4v) is 9.01. The van der Waals surface area contributed by atoms with Crippen LogP contribution in [0, 0.1) is 39.9 Å². The number of aliphatic hydroxyl groups is 1. The zero-order valence-electron chi connectivity index (χ0n) is 15.4. The second kappa shape index (κ2) is 5.66. The Hall–Kier alpha value is 0.310. The van der Waals surface area contributed by atoms with E-state index < -0.39 is 0 Å². The van der Waals surface area contributed by atoms with Crippen molar-refractivity contribution in [1.82, 2.24) is 0 Å². The van der Waals surface area contributed by atoms with E-state index in [-0.39, 0.29) is 5.41 Å². The molecule has 1 spiro atoms. The van der Waals surface area contributed by atoms with Crippen molar-refractivity contribution in [1.29, 1.82) is 0 Å². The van der Waals surface area contributed by atoms with E-state index in [0.29, 0.717) is 17.4 Å². The van der Waals surface area contributed by atoms with Gasteiger partial charge in [-0.2, -0.15) is 11.8 Å². The van der Waals surface area contributed by atoms with E-state index in [1.807, 2.05) is 0 Å². The minimum atomic E-state index is 0.198. The van der Waals surface area contributed by atoms with Gasteiger partial charge in [0.2, 0.25) is 0 Å². The van der Waals surface area contributed by atoms with E-state index in [4.69, 9.17) is 0 Å². The van der Waals surface area contributed by atoms with Gasteiger partial charge in [0, 0.05) is 6.61 Å². The summed E-state index contributed by atoms with van der Waals surface area (Å²) < 4.78 is 0. The van der Waals surface area contributed by atoms with Crippen molar-refractivity contribution < 1.29 is 5.11 Å². The van der Waals surface area contributed by atoms with Gasteiger partial charge >= 0.3 is 0 Å². The maximum atomic E-state index is 10.1. The summed E-state index contributed by atoms with van der Waals surface area (Å²) in [6, 6.07) is 0. The highest BCUT2D eigenvalue weighted by Crippen LogP contribution is 2.72. The van der Waals surface area contributed by atoms with Crippen LogP contribution in [0.25, 0.3) is 0 Å². The Kier molecular flexibility index (Phi) is 4.12. The quantitative estimate of drug-likeness (QED) is 0.747.